The Morgan fingerprint density at radius 1 is 1.20 bits per heavy atom. The van der Waals surface area contributed by atoms with E-state index in [0.717, 1.165) is 11.1 Å². The molecule has 0 aliphatic carbocycles. The molecule has 25 heavy (non-hydrogen) atoms. The second-order valence-corrected chi connectivity index (χ2v) is 7.17. The van der Waals surface area contributed by atoms with E-state index < -0.39 is 10.8 Å². The van der Waals surface area contributed by atoms with Crippen molar-refractivity contribution in [3.63, 3.8) is 0 Å². The van der Waals surface area contributed by atoms with Crippen molar-refractivity contribution in [2.45, 2.75) is 12.3 Å². The molecule has 2 aromatic rings. The van der Waals surface area contributed by atoms with Gasteiger partial charge < -0.3 is 15.4 Å². The first-order chi connectivity index (χ1) is 12.0. The van der Waals surface area contributed by atoms with E-state index in [9.17, 15) is 13.8 Å². The summed E-state index contributed by atoms with van der Waals surface area (Å²) in [5.41, 5.74) is 2.83. The zero-order chi connectivity index (χ0) is 17.8. The summed E-state index contributed by atoms with van der Waals surface area (Å²) in [6.07, 6.45) is 1.67. The predicted molar refractivity (Wildman–Crippen MR) is 95.9 cm³/mol. The molecule has 130 valence electrons. The number of nitrogens with one attached hydrogen (secondary N) is 2. The lowest BCUT2D eigenvalue weighted by molar-refractivity contribution is -0.118. The maximum atomic E-state index is 12.4. The van der Waals surface area contributed by atoms with Gasteiger partial charge in [-0.05, 0) is 23.3 Å². The fraction of sp³-hybridized carbons (Fsp3) is 0.222. The van der Waals surface area contributed by atoms with Gasteiger partial charge in [-0.1, -0.05) is 30.3 Å². The molecule has 1 heterocycles. The number of benzene rings is 2. The molecule has 2 N–H and O–H groups in total. The lowest BCUT2D eigenvalue weighted by atomic mass is 10.1. The van der Waals surface area contributed by atoms with Gasteiger partial charge in [0.05, 0.1) is 11.3 Å². The molecule has 0 aromatic heterocycles. The van der Waals surface area contributed by atoms with Gasteiger partial charge in [0.15, 0.2) is 12.4 Å². The van der Waals surface area contributed by atoms with Gasteiger partial charge in [-0.3, -0.25) is 13.8 Å². The van der Waals surface area contributed by atoms with Crippen LogP contribution in [0.15, 0.2) is 42.5 Å². The van der Waals surface area contributed by atoms with Crippen LogP contribution >= 0.6 is 0 Å². The van der Waals surface area contributed by atoms with E-state index >= 15 is 0 Å². The first kappa shape index (κ1) is 17.2. The molecule has 2 amide bonds. The normalized spacial score (nSPS) is 14.0. The van der Waals surface area contributed by atoms with Crippen LogP contribution in [0.1, 0.15) is 21.5 Å². The summed E-state index contributed by atoms with van der Waals surface area (Å²) in [6, 6.07) is 12.7. The van der Waals surface area contributed by atoms with E-state index in [-0.39, 0.29) is 18.4 Å². The van der Waals surface area contributed by atoms with Crippen LogP contribution < -0.4 is 15.4 Å². The summed E-state index contributed by atoms with van der Waals surface area (Å²) in [5, 5.41) is 5.53. The van der Waals surface area contributed by atoms with Crippen molar-refractivity contribution in [3.8, 4) is 5.75 Å². The van der Waals surface area contributed by atoms with Gasteiger partial charge >= 0.3 is 0 Å². The number of anilines is 1. The summed E-state index contributed by atoms with van der Waals surface area (Å²) >= 11 is 0. The minimum atomic E-state index is -0.877. The summed E-state index contributed by atoms with van der Waals surface area (Å²) < 4.78 is 16.6. The molecular formula is C18H18N2O4S. The standard InChI is InChI=1S/C18H18N2O4S/c1-25(23)11-13-7-5-12(6-8-13)9-19-18(22)14-3-2-4-15-17(14)24-10-16(21)20-15/h2-8H,9-11H2,1H3,(H,19,22)(H,20,21). The first-order valence-electron chi connectivity index (χ1n) is 7.74. The van der Waals surface area contributed by atoms with Gasteiger partial charge in [-0.15, -0.1) is 0 Å². The van der Waals surface area contributed by atoms with E-state index in [1.54, 1.807) is 24.5 Å². The Morgan fingerprint density at radius 2 is 1.92 bits per heavy atom. The molecule has 0 fully saturated rings. The molecular weight excluding hydrogens is 340 g/mol. The second kappa shape index (κ2) is 7.48. The van der Waals surface area contributed by atoms with Crippen molar-refractivity contribution < 1.29 is 18.5 Å². The minimum absolute atomic E-state index is 0.0996. The summed E-state index contributed by atoms with van der Waals surface area (Å²) in [7, 11) is -0.877. The summed E-state index contributed by atoms with van der Waals surface area (Å²) in [4.78, 5) is 23.8. The maximum Gasteiger partial charge on any atom is 0.262 e. The Morgan fingerprint density at radius 3 is 2.64 bits per heavy atom. The van der Waals surface area contributed by atoms with E-state index in [4.69, 9.17) is 4.74 Å². The van der Waals surface area contributed by atoms with Crippen molar-refractivity contribution in [2.75, 3.05) is 18.2 Å². The van der Waals surface area contributed by atoms with Gasteiger partial charge in [-0.2, -0.15) is 0 Å². The van der Waals surface area contributed by atoms with Gasteiger partial charge in [0, 0.05) is 29.4 Å². The smallest absolute Gasteiger partial charge is 0.262 e. The van der Waals surface area contributed by atoms with Gasteiger partial charge in [0.25, 0.3) is 11.8 Å². The lowest BCUT2D eigenvalue weighted by Crippen LogP contribution is -2.29. The van der Waals surface area contributed by atoms with Crippen molar-refractivity contribution in [1.82, 2.24) is 5.32 Å². The highest BCUT2D eigenvalue weighted by Gasteiger charge is 2.22. The Hall–Kier alpha value is -2.67. The van der Waals surface area contributed by atoms with Crippen LogP contribution in [-0.2, 0) is 27.9 Å². The molecule has 0 radical (unpaired) electrons. The molecule has 0 bridgehead atoms. The topological polar surface area (TPSA) is 84.5 Å². The summed E-state index contributed by atoms with van der Waals surface area (Å²) in [5.74, 6) is 0.400. The van der Waals surface area contributed by atoms with Crippen LogP contribution in [0, 0.1) is 0 Å². The monoisotopic (exact) mass is 358 g/mol. The van der Waals surface area contributed by atoms with Gasteiger partial charge in [-0.25, -0.2) is 0 Å². The molecule has 6 nitrogen and oxygen atoms in total. The Labute approximate surface area is 148 Å². The second-order valence-electron chi connectivity index (χ2n) is 5.74. The molecule has 7 heteroatoms. The molecule has 3 rings (SSSR count). The third-order valence-corrected chi connectivity index (χ3v) is 4.47. The number of amides is 2. The predicted octanol–water partition coefficient (Wildman–Crippen LogP) is 1.83. The van der Waals surface area contributed by atoms with Crippen molar-refractivity contribution >= 4 is 28.3 Å². The molecule has 1 aliphatic rings. The van der Waals surface area contributed by atoms with E-state index in [1.165, 1.54) is 0 Å². The zero-order valence-corrected chi connectivity index (χ0v) is 14.5. The molecule has 0 saturated carbocycles. The highest BCUT2D eigenvalue weighted by atomic mass is 32.2. The van der Waals surface area contributed by atoms with E-state index in [2.05, 4.69) is 10.6 Å². The molecule has 2 aromatic carbocycles. The van der Waals surface area contributed by atoms with Crippen molar-refractivity contribution in [3.05, 3.63) is 59.2 Å². The molecule has 1 atom stereocenters. The average Bonchev–Trinajstić information content (AvgIpc) is 2.59. The van der Waals surface area contributed by atoms with Crippen LogP contribution in [0.4, 0.5) is 5.69 Å². The Kier molecular flexibility index (Phi) is 5.14. The van der Waals surface area contributed by atoms with Crippen molar-refractivity contribution in [2.24, 2.45) is 0 Å². The number of carbonyl (C=O) groups is 2. The number of rotatable bonds is 5. The molecule has 1 aliphatic heterocycles. The number of ether oxygens (including phenoxy) is 1. The number of para-hydroxylation sites is 1. The SMILES string of the molecule is CS(=O)Cc1ccc(CNC(=O)c2cccc3c2OCC(=O)N3)cc1. The summed E-state index contributed by atoms with van der Waals surface area (Å²) in [6.45, 7) is 0.266. The van der Waals surface area contributed by atoms with Gasteiger partial charge in [0.2, 0.25) is 0 Å². The Balaban J connectivity index is 1.66. The first-order valence-corrected chi connectivity index (χ1v) is 9.47. The molecule has 0 spiro atoms. The van der Waals surface area contributed by atoms with Crippen molar-refractivity contribution in [1.29, 1.82) is 0 Å². The van der Waals surface area contributed by atoms with Crippen LogP contribution in [-0.4, -0.2) is 28.9 Å². The number of hydrogen-bond donors (Lipinski definition) is 2. The van der Waals surface area contributed by atoms with E-state index in [1.807, 2.05) is 24.3 Å². The van der Waals surface area contributed by atoms with Crippen LogP contribution in [0.5, 0.6) is 5.75 Å². The lowest BCUT2D eigenvalue weighted by Gasteiger charge is -2.20. The highest BCUT2D eigenvalue weighted by Crippen LogP contribution is 2.31. The third-order valence-electron chi connectivity index (χ3n) is 3.73. The molecule has 1 unspecified atom stereocenters. The van der Waals surface area contributed by atoms with E-state index in [0.29, 0.717) is 29.3 Å². The van der Waals surface area contributed by atoms with Gasteiger partial charge in [0.1, 0.15) is 0 Å². The number of hydrogen-bond acceptors (Lipinski definition) is 4. The molecule has 0 saturated heterocycles. The fourth-order valence-electron chi connectivity index (χ4n) is 2.56. The third kappa shape index (κ3) is 4.24. The fourth-order valence-corrected chi connectivity index (χ4v) is 3.22. The maximum absolute atomic E-state index is 12.4. The largest absolute Gasteiger partial charge is 0.481 e. The minimum Gasteiger partial charge on any atom is -0.481 e. The average molecular weight is 358 g/mol. The number of fused-ring (bicyclic) bond motifs is 1. The van der Waals surface area contributed by atoms with Crippen LogP contribution in [0.25, 0.3) is 0 Å². The number of carbonyl (C=O) groups excluding carboxylic acids is 2. The highest BCUT2D eigenvalue weighted by molar-refractivity contribution is 7.83. The quantitative estimate of drug-likeness (QED) is 0.854. The van der Waals surface area contributed by atoms with Crippen LogP contribution in [0.3, 0.4) is 0 Å². The Bertz CT molecular complexity index is 833. The van der Waals surface area contributed by atoms with Crippen LogP contribution in [0.2, 0.25) is 0 Å². The zero-order valence-electron chi connectivity index (χ0n) is 13.7.